The van der Waals surface area contributed by atoms with Crippen LogP contribution in [0.15, 0.2) is 59.5 Å². The molecule has 3 rings (SSSR count). The number of rotatable bonds is 2. The van der Waals surface area contributed by atoms with E-state index in [0.29, 0.717) is 22.6 Å². The quantitative estimate of drug-likeness (QED) is 0.734. The van der Waals surface area contributed by atoms with Crippen molar-refractivity contribution in [2.75, 3.05) is 5.73 Å². The first-order valence-corrected chi connectivity index (χ1v) is 6.65. The second-order valence-electron chi connectivity index (χ2n) is 4.67. The summed E-state index contributed by atoms with van der Waals surface area (Å²) >= 11 is 5.91. The highest BCUT2D eigenvalue weighted by molar-refractivity contribution is 6.30. The van der Waals surface area contributed by atoms with Crippen molar-refractivity contribution < 1.29 is 0 Å². The van der Waals surface area contributed by atoms with Crippen molar-refractivity contribution in [1.82, 2.24) is 4.57 Å². The van der Waals surface area contributed by atoms with Crippen LogP contribution in [0.3, 0.4) is 0 Å². The molecular formula is C16H13ClN2O. The molecule has 3 aromatic rings. The Bertz CT molecular complexity index is 839. The molecule has 1 aromatic heterocycles. The summed E-state index contributed by atoms with van der Waals surface area (Å²) in [6.07, 6.45) is 1.79. The lowest BCUT2D eigenvalue weighted by molar-refractivity contribution is 0.828. The third-order valence-corrected chi connectivity index (χ3v) is 3.57. The zero-order valence-electron chi connectivity index (χ0n) is 10.7. The summed E-state index contributed by atoms with van der Waals surface area (Å²) in [5, 5.41) is 1.33. The average molecular weight is 285 g/mol. The van der Waals surface area contributed by atoms with Gasteiger partial charge in [-0.2, -0.15) is 0 Å². The first kappa shape index (κ1) is 12.8. The highest BCUT2D eigenvalue weighted by atomic mass is 35.5. The molecule has 0 radical (unpaired) electrons. The number of fused-ring (bicyclic) bond motifs is 1. The molecule has 2 aromatic carbocycles. The smallest absolute Gasteiger partial charge is 0.189 e. The van der Waals surface area contributed by atoms with Gasteiger partial charge in [0.2, 0.25) is 0 Å². The first-order valence-electron chi connectivity index (χ1n) is 6.27. The van der Waals surface area contributed by atoms with E-state index in [9.17, 15) is 4.79 Å². The molecular weight excluding hydrogens is 272 g/mol. The predicted octanol–water partition coefficient (Wildman–Crippen LogP) is 3.29. The molecule has 0 aliphatic rings. The molecule has 0 unspecified atom stereocenters. The lowest BCUT2D eigenvalue weighted by Crippen LogP contribution is -2.09. The normalized spacial score (nSPS) is 10.8. The predicted molar refractivity (Wildman–Crippen MR) is 83.2 cm³/mol. The number of pyridine rings is 1. The lowest BCUT2D eigenvalue weighted by atomic mass is 10.1. The summed E-state index contributed by atoms with van der Waals surface area (Å²) in [7, 11) is 0. The molecule has 2 N–H and O–H groups in total. The zero-order valence-corrected chi connectivity index (χ0v) is 11.5. The first-order chi connectivity index (χ1) is 9.65. The summed E-state index contributed by atoms with van der Waals surface area (Å²) in [5.74, 6) is 0. The van der Waals surface area contributed by atoms with E-state index in [4.69, 9.17) is 17.3 Å². The number of anilines is 1. The number of hydrogen-bond donors (Lipinski definition) is 1. The van der Waals surface area contributed by atoms with Gasteiger partial charge < -0.3 is 10.3 Å². The van der Waals surface area contributed by atoms with E-state index in [1.54, 1.807) is 18.3 Å². The number of benzene rings is 2. The van der Waals surface area contributed by atoms with Gasteiger partial charge in [0.1, 0.15) is 0 Å². The van der Waals surface area contributed by atoms with Crippen LogP contribution in [0.5, 0.6) is 0 Å². The minimum atomic E-state index is 0.0286. The summed E-state index contributed by atoms with van der Waals surface area (Å²) in [4.78, 5) is 11.8. The molecule has 20 heavy (non-hydrogen) atoms. The van der Waals surface area contributed by atoms with Crippen molar-refractivity contribution >= 4 is 28.2 Å². The van der Waals surface area contributed by atoms with E-state index in [2.05, 4.69) is 0 Å². The molecule has 0 bridgehead atoms. The molecule has 0 aliphatic heterocycles. The Kier molecular flexibility index (Phi) is 3.20. The van der Waals surface area contributed by atoms with Gasteiger partial charge >= 0.3 is 0 Å². The summed E-state index contributed by atoms with van der Waals surface area (Å²) in [5.41, 5.74) is 8.54. The fourth-order valence-corrected chi connectivity index (χ4v) is 2.47. The monoisotopic (exact) mass is 284 g/mol. The Morgan fingerprint density at radius 3 is 2.70 bits per heavy atom. The third kappa shape index (κ3) is 2.28. The Hall–Kier alpha value is -2.26. The maximum Gasteiger partial charge on any atom is 0.189 e. The van der Waals surface area contributed by atoms with Gasteiger partial charge in [0.25, 0.3) is 0 Å². The largest absolute Gasteiger partial charge is 0.398 e. The second kappa shape index (κ2) is 5.02. The number of aromatic nitrogens is 1. The van der Waals surface area contributed by atoms with Gasteiger partial charge in [-0.05, 0) is 29.8 Å². The van der Waals surface area contributed by atoms with Gasteiger partial charge in [-0.15, -0.1) is 0 Å². The SMILES string of the molecule is Nc1cc(Cl)ccc1Cn1ccc(=O)c2ccccc21. The number of nitrogens with zero attached hydrogens (tertiary/aromatic N) is 1. The van der Waals surface area contributed by atoms with Crippen molar-refractivity contribution in [3.8, 4) is 0 Å². The minimum absolute atomic E-state index is 0.0286. The van der Waals surface area contributed by atoms with Crippen LogP contribution < -0.4 is 11.2 Å². The van der Waals surface area contributed by atoms with Crippen molar-refractivity contribution in [1.29, 1.82) is 0 Å². The molecule has 0 atom stereocenters. The van der Waals surface area contributed by atoms with E-state index in [1.807, 2.05) is 41.0 Å². The Labute approximate surface area is 121 Å². The number of para-hydroxylation sites is 1. The lowest BCUT2D eigenvalue weighted by Gasteiger charge is -2.12. The van der Waals surface area contributed by atoms with Crippen LogP contribution in [-0.2, 0) is 6.54 Å². The average Bonchev–Trinajstić information content (AvgIpc) is 2.45. The molecule has 0 amide bonds. The van der Waals surface area contributed by atoms with Crippen molar-refractivity contribution in [3.05, 3.63) is 75.5 Å². The molecule has 0 fully saturated rings. The maximum atomic E-state index is 11.8. The van der Waals surface area contributed by atoms with Crippen LogP contribution in [0.25, 0.3) is 10.9 Å². The molecule has 0 saturated carbocycles. The molecule has 0 saturated heterocycles. The molecule has 1 heterocycles. The zero-order chi connectivity index (χ0) is 14.1. The second-order valence-corrected chi connectivity index (χ2v) is 5.10. The number of hydrogen-bond acceptors (Lipinski definition) is 2. The van der Waals surface area contributed by atoms with Gasteiger partial charge in [-0.25, -0.2) is 0 Å². The molecule has 0 spiro atoms. The van der Waals surface area contributed by atoms with E-state index < -0.39 is 0 Å². The molecule has 0 aliphatic carbocycles. The Balaban J connectivity index is 2.11. The third-order valence-electron chi connectivity index (χ3n) is 3.33. The molecule has 4 heteroatoms. The summed E-state index contributed by atoms with van der Waals surface area (Å²) < 4.78 is 2.01. The highest BCUT2D eigenvalue weighted by Crippen LogP contribution is 2.20. The Morgan fingerprint density at radius 1 is 1.10 bits per heavy atom. The summed E-state index contributed by atoms with van der Waals surface area (Å²) in [6, 6.07) is 14.6. The van der Waals surface area contributed by atoms with E-state index in [-0.39, 0.29) is 5.43 Å². The van der Waals surface area contributed by atoms with Crippen LogP contribution in [0.1, 0.15) is 5.56 Å². The van der Waals surface area contributed by atoms with Gasteiger partial charge in [0.05, 0.1) is 5.52 Å². The van der Waals surface area contributed by atoms with Crippen molar-refractivity contribution in [2.45, 2.75) is 6.54 Å². The number of halogens is 1. The fraction of sp³-hybridized carbons (Fsp3) is 0.0625. The highest BCUT2D eigenvalue weighted by Gasteiger charge is 2.05. The van der Waals surface area contributed by atoms with Crippen LogP contribution in [0.4, 0.5) is 5.69 Å². The number of nitrogen functional groups attached to an aromatic ring is 1. The van der Waals surface area contributed by atoms with Crippen LogP contribution in [-0.4, -0.2) is 4.57 Å². The van der Waals surface area contributed by atoms with Crippen LogP contribution in [0, 0.1) is 0 Å². The standard InChI is InChI=1S/C16H13ClN2O/c17-12-6-5-11(14(18)9-12)10-19-8-7-16(20)13-3-1-2-4-15(13)19/h1-9H,10,18H2. The van der Waals surface area contributed by atoms with Crippen molar-refractivity contribution in [2.24, 2.45) is 0 Å². The van der Waals surface area contributed by atoms with Crippen LogP contribution >= 0.6 is 11.6 Å². The number of nitrogens with two attached hydrogens (primary N) is 1. The molecule has 100 valence electrons. The molecule has 3 nitrogen and oxygen atoms in total. The van der Waals surface area contributed by atoms with Crippen molar-refractivity contribution in [3.63, 3.8) is 0 Å². The van der Waals surface area contributed by atoms with E-state index in [0.717, 1.165) is 11.1 Å². The van der Waals surface area contributed by atoms with Gasteiger partial charge in [0.15, 0.2) is 5.43 Å². The van der Waals surface area contributed by atoms with E-state index >= 15 is 0 Å². The van der Waals surface area contributed by atoms with Gasteiger partial charge in [-0.1, -0.05) is 29.8 Å². The maximum absolute atomic E-state index is 11.8. The topological polar surface area (TPSA) is 48.0 Å². The van der Waals surface area contributed by atoms with Gasteiger partial charge in [-0.3, -0.25) is 4.79 Å². The van der Waals surface area contributed by atoms with E-state index in [1.165, 1.54) is 0 Å². The fourth-order valence-electron chi connectivity index (χ4n) is 2.29. The summed E-state index contributed by atoms with van der Waals surface area (Å²) in [6.45, 7) is 0.601. The van der Waals surface area contributed by atoms with Crippen LogP contribution in [0.2, 0.25) is 5.02 Å². The van der Waals surface area contributed by atoms with Gasteiger partial charge in [0, 0.05) is 34.9 Å². The Morgan fingerprint density at radius 2 is 1.90 bits per heavy atom. The minimum Gasteiger partial charge on any atom is -0.398 e.